The van der Waals surface area contributed by atoms with Gasteiger partial charge in [0.15, 0.2) is 0 Å². The fourth-order valence-corrected chi connectivity index (χ4v) is 16.7. The van der Waals surface area contributed by atoms with Gasteiger partial charge in [0, 0.05) is 91.0 Å². The average molecular weight is 1250 g/mol. The van der Waals surface area contributed by atoms with Gasteiger partial charge in [-0.3, -0.25) is 0 Å². The maximum absolute atomic E-state index is 2.61. The minimum atomic E-state index is -0.150. The minimum absolute atomic E-state index is 0.150. The van der Waals surface area contributed by atoms with Crippen molar-refractivity contribution < 1.29 is 0 Å². The van der Waals surface area contributed by atoms with Gasteiger partial charge < -0.3 is 29.4 Å². The predicted octanol–water partition coefficient (Wildman–Crippen LogP) is 20.3. The number of hydrogen-bond acceptors (Lipinski definition) is 6. The van der Waals surface area contributed by atoms with E-state index in [4.69, 9.17) is 0 Å². The topological polar surface area (TPSA) is 19.4 Å². The number of para-hydroxylation sites is 10. The van der Waals surface area contributed by atoms with E-state index in [9.17, 15) is 0 Å². The Labute approximate surface area is 570 Å². The molecule has 0 N–H and O–H groups in total. The third-order valence-corrected chi connectivity index (χ3v) is 20.6. The highest BCUT2D eigenvalue weighted by Crippen LogP contribution is 2.53. The highest BCUT2D eigenvalue weighted by Gasteiger charge is 2.47. The molecule has 0 atom stereocenters. The molecule has 0 saturated heterocycles. The van der Waals surface area contributed by atoms with Crippen LogP contribution in [0.5, 0.6) is 0 Å². The van der Waals surface area contributed by atoms with E-state index in [-0.39, 0.29) is 13.4 Å². The third-order valence-electron chi connectivity index (χ3n) is 20.6. The Balaban J connectivity index is 0.891. The molecule has 0 aromatic heterocycles. The van der Waals surface area contributed by atoms with Crippen molar-refractivity contribution in [2.45, 2.75) is 0 Å². The molecule has 4 aliphatic heterocycles. The molecule has 16 aromatic carbocycles. The van der Waals surface area contributed by atoms with Crippen molar-refractivity contribution in [3.63, 3.8) is 0 Å². The van der Waals surface area contributed by atoms with Gasteiger partial charge in [-0.1, -0.05) is 218 Å². The molecule has 0 bridgehead atoms. The summed E-state index contributed by atoms with van der Waals surface area (Å²) in [6, 6.07) is 135. The van der Waals surface area contributed by atoms with Gasteiger partial charge in [-0.15, -0.1) is 0 Å². The molecule has 98 heavy (non-hydrogen) atoms. The van der Waals surface area contributed by atoms with Crippen LogP contribution in [0.2, 0.25) is 0 Å². The zero-order chi connectivity index (χ0) is 64.4. The van der Waals surface area contributed by atoms with Crippen LogP contribution in [0, 0.1) is 0 Å². The second kappa shape index (κ2) is 22.4. The molecule has 0 spiro atoms. The van der Waals surface area contributed by atoms with Crippen molar-refractivity contribution in [2.75, 3.05) is 29.4 Å². The van der Waals surface area contributed by atoms with Crippen LogP contribution in [0.3, 0.4) is 0 Å². The fraction of sp³-hybridized carbons (Fsp3) is 0. The normalized spacial score (nSPS) is 13.0. The molecule has 0 amide bonds. The lowest BCUT2D eigenvalue weighted by Gasteiger charge is -2.45. The molecule has 20 rings (SSSR count). The quantitative estimate of drug-likeness (QED) is 0.0997. The molecule has 0 unspecified atom stereocenters. The summed E-state index contributed by atoms with van der Waals surface area (Å²) in [4.78, 5) is 15.0. The number of nitrogens with zero attached hydrogens (tertiary/aromatic N) is 6. The zero-order valence-electron chi connectivity index (χ0n) is 53.5. The van der Waals surface area contributed by atoms with E-state index in [1.807, 2.05) is 0 Å². The second-order valence-corrected chi connectivity index (χ2v) is 25.9. The Hall–Kier alpha value is -12.8. The highest BCUT2D eigenvalue weighted by atomic mass is 15.2. The Morgan fingerprint density at radius 2 is 0.418 bits per heavy atom. The van der Waals surface area contributed by atoms with E-state index in [1.165, 1.54) is 65.1 Å². The Bertz CT molecular complexity index is 5350. The lowest BCUT2D eigenvalue weighted by atomic mass is 9.33. The zero-order valence-corrected chi connectivity index (χ0v) is 53.5. The van der Waals surface area contributed by atoms with Crippen molar-refractivity contribution in [2.24, 2.45) is 0 Å². The van der Waals surface area contributed by atoms with Gasteiger partial charge in [0.25, 0.3) is 13.4 Å². The van der Waals surface area contributed by atoms with Crippen LogP contribution in [-0.4, -0.2) is 13.4 Å². The van der Waals surface area contributed by atoms with Crippen LogP contribution in [0.4, 0.5) is 102 Å². The molecule has 8 heteroatoms. The first kappa shape index (κ1) is 55.7. The molecule has 4 heterocycles. The number of anilines is 18. The smallest absolute Gasteiger partial charge is 0.252 e. The van der Waals surface area contributed by atoms with Gasteiger partial charge in [0.1, 0.15) is 0 Å². The number of fused-ring (bicyclic) bond motifs is 14. The van der Waals surface area contributed by atoms with Crippen molar-refractivity contribution in [3.8, 4) is 0 Å². The summed E-state index contributed by atoms with van der Waals surface area (Å²) in [6.45, 7) is -0.299. The van der Waals surface area contributed by atoms with E-state index in [2.05, 4.69) is 393 Å². The maximum atomic E-state index is 2.61. The molecule has 0 saturated carbocycles. The van der Waals surface area contributed by atoms with Crippen molar-refractivity contribution >= 4 is 181 Å². The predicted molar refractivity (Wildman–Crippen MR) is 416 cm³/mol. The summed E-state index contributed by atoms with van der Waals surface area (Å²) in [6.07, 6.45) is 0. The van der Waals surface area contributed by atoms with Crippen molar-refractivity contribution in [1.82, 2.24) is 0 Å². The molecule has 6 nitrogen and oxygen atoms in total. The maximum Gasteiger partial charge on any atom is 0.252 e. The second-order valence-electron chi connectivity index (χ2n) is 25.9. The Kier molecular flexibility index (Phi) is 12.7. The largest absolute Gasteiger partial charge is 0.311 e. The number of benzene rings is 16. The van der Waals surface area contributed by atoms with E-state index < -0.39 is 0 Å². The number of hydrogen-bond donors (Lipinski definition) is 0. The van der Waals surface area contributed by atoms with Crippen LogP contribution in [0.15, 0.2) is 364 Å². The van der Waals surface area contributed by atoms with E-state index in [0.717, 1.165) is 102 Å². The molecule has 0 aliphatic carbocycles. The van der Waals surface area contributed by atoms with E-state index >= 15 is 0 Å². The van der Waals surface area contributed by atoms with Gasteiger partial charge >= 0.3 is 0 Å². The van der Waals surface area contributed by atoms with Crippen molar-refractivity contribution in [1.29, 1.82) is 0 Å². The average Bonchev–Trinajstić information content (AvgIpc) is 0.691. The molecule has 16 aromatic rings. The van der Waals surface area contributed by atoms with E-state index in [0.29, 0.717) is 0 Å². The Morgan fingerprint density at radius 1 is 0.173 bits per heavy atom. The first-order chi connectivity index (χ1) is 48.7. The summed E-state index contributed by atoms with van der Waals surface area (Å²) in [5.41, 5.74) is 27.6. The molecule has 0 fully saturated rings. The molecular formula is C90H60B2N6. The van der Waals surface area contributed by atoms with Gasteiger partial charge in [-0.25, -0.2) is 0 Å². The SMILES string of the molecule is c1ccc(N(c2ccccc2)c2cc3c4c(c2)N(c2ccccc2)c2cc5c6ccccc6c6cc7c(cc6c5cc2B4c2ccccc2N3c2ccccc2)B2c3ccccc3N(c3ccccc3)c3cc(N(c4ccccc4)c4ccccc4)cc(c32)N7c2ccccc2)cc1. The van der Waals surface area contributed by atoms with Crippen molar-refractivity contribution in [3.05, 3.63) is 364 Å². The molecule has 456 valence electrons. The lowest BCUT2D eigenvalue weighted by molar-refractivity contribution is 1.23. The van der Waals surface area contributed by atoms with E-state index in [1.54, 1.807) is 0 Å². The minimum Gasteiger partial charge on any atom is -0.311 e. The first-order valence-corrected chi connectivity index (χ1v) is 33.9. The standard InChI is InChI=1S/C90H60B2N6/c1-9-31-61(32-10-1)93(62-33-11-2-12-34-62)69-53-85-89-87(55-69)97(67-43-21-7-22-44-67)83-59-75-71-47-25-26-48-72(71)76-60-84-80(58-74(76)73(75)57-79(83)91(89)77-49-27-29-51-81(77)95(85)65-39-17-5-18-40-65)92-78-50-28-30-52-82(78)96(66-41-19-6-20-42-66)86-54-70(56-88(90(86)92)98(84)68-45-23-8-24-46-68)94(63-35-13-3-14-36-63)64-37-15-4-16-38-64/h1-60H. The van der Waals surface area contributed by atoms with Gasteiger partial charge in [0.2, 0.25) is 0 Å². The molecular weight excluding hydrogens is 1190 g/mol. The summed E-state index contributed by atoms with van der Waals surface area (Å²) in [5, 5.41) is 7.28. The molecule has 4 aliphatic rings. The van der Waals surface area contributed by atoms with Gasteiger partial charge in [-0.05, 0) is 211 Å². The summed E-state index contributed by atoms with van der Waals surface area (Å²) in [7, 11) is 0. The van der Waals surface area contributed by atoms with Crippen LogP contribution in [0.1, 0.15) is 0 Å². The van der Waals surface area contributed by atoms with Gasteiger partial charge in [0.05, 0.1) is 11.4 Å². The monoisotopic (exact) mass is 1250 g/mol. The van der Waals surface area contributed by atoms with Gasteiger partial charge in [-0.2, -0.15) is 0 Å². The first-order valence-electron chi connectivity index (χ1n) is 33.9. The molecule has 0 radical (unpaired) electrons. The van der Waals surface area contributed by atoms with Crippen LogP contribution < -0.4 is 62.2 Å². The summed E-state index contributed by atoms with van der Waals surface area (Å²) in [5.74, 6) is 0. The number of rotatable bonds is 10. The lowest BCUT2D eigenvalue weighted by Crippen LogP contribution is -2.61. The summed E-state index contributed by atoms with van der Waals surface area (Å²) >= 11 is 0. The van der Waals surface area contributed by atoms with Crippen LogP contribution in [-0.2, 0) is 0 Å². The highest BCUT2D eigenvalue weighted by molar-refractivity contribution is 7.01. The summed E-state index contributed by atoms with van der Waals surface area (Å²) < 4.78 is 0. The fourth-order valence-electron chi connectivity index (χ4n) is 16.7. The third kappa shape index (κ3) is 8.57. The van der Waals surface area contributed by atoms with Crippen LogP contribution in [0.25, 0.3) is 32.3 Å². The van der Waals surface area contributed by atoms with Crippen LogP contribution >= 0.6 is 0 Å². The Morgan fingerprint density at radius 3 is 0.724 bits per heavy atom.